The molecule has 2 atom stereocenters. The summed E-state index contributed by atoms with van der Waals surface area (Å²) in [5, 5.41) is 14.7. The fraction of sp³-hybridized carbons (Fsp3) is 0.467. The highest BCUT2D eigenvalue weighted by molar-refractivity contribution is 6.01. The molecular formula is C15H20N2O4. The maximum Gasteiger partial charge on any atom is 0.337 e. The lowest BCUT2D eigenvalue weighted by Gasteiger charge is -2.29. The number of para-hydroxylation sites is 1. The van der Waals surface area contributed by atoms with Gasteiger partial charge < -0.3 is 20.5 Å². The highest BCUT2D eigenvalue weighted by Crippen LogP contribution is 2.26. The average molecular weight is 292 g/mol. The number of nitrogens with one attached hydrogen (secondary N) is 2. The molecular weight excluding hydrogens is 272 g/mol. The van der Waals surface area contributed by atoms with Gasteiger partial charge in [0.05, 0.1) is 22.9 Å². The number of carbonyl (C=O) groups excluding carboxylic acids is 1. The molecule has 1 saturated heterocycles. The number of urea groups is 1. The summed E-state index contributed by atoms with van der Waals surface area (Å²) in [4.78, 5) is 23.4. The molecule has 2 amide bonds. The number of aryl methyl sites for hydroxylation is 1. The van der Waals surface area contributed by atoms with Crippen molar-refractivity contribution in [3.8, 4) is 0 Å². The maximum atomic E-state index is 12.2. The van der Waals surface area contributed by atoms with E-state index in [1.165, 1.54) is 6.07 Å². The lowest BCUT2D eigenvalue weighted by atomic mass is 9.95. The van der Waals surface area contributed by atoms with E-state index in [9.17, 15) is 14.7 Å². The number of hydrogen-bond donors (Lipinski definition) is 3. The summed E-state index contributed by atoms with van der Waals surface area (Å²) in [5.41, 5.74) is 0.644. The number of carboxylic acids is 1. The van der Waals surface area contributed by atoms with E-state index in [-0.39, 0.29) is 11.7 Å². The van der Waals surface area contributed by atoms with Crippen molar-refractivity contribution < 1.29 is 19.4 Å². The molecule has 2 unspecified atom stereocenters. The first-order chi connectivity index (χ1) is 9.83. The molecule has 3 N–H and O–H groups in total. The number of anilines is 1. The zero-order valence-electron chi connectivity index (χ0n) is 12.4. The summed E-state index contributed by atoms with van der Waals surface area (Å²) in [5.74, 6) is -1.07. The Hall–Kier alpha value is -2.08. The Morgan fingerprint density at radius 2 is 2.14 bits per heavy atom. The molecule has 0 bridgehead atoms. The van der Waals surface area contributed by atoms with Crippen molar-refractivity contribution in [1.29, 1.82) is 0 Å². The second-order valence-electron chi connectivity index (χ2n) is 5.56. The Morgan fingerprint density at radius 3 is 2.71 bits per heavy atom. The van der Waals surface area contributed by atoms with Crippen molar-refractivity contribution in [2.45, 2.75) is 38.8 Å². The van der Waals surface area contributed by atoms with Gasteiger partial charge in [0, 0.05) is 6.61 Å². The molecule has 0 aromatic heterocycles. The quantitative estimate of drug-likeness (QED) is 0.798. The zero-order chi connectivity index (χ0) is 15.6. The van der Waals surface area contributed by atoms with Gasteiger partial charge in [-0.05, 0) is 38.8 Å². The van der Waals surface area contributed by atoms with E-state index in [0.717, 1.165) is 6.42 Å². The topological polar surface area (TPSA) is 87.7 Å². The third-order valence-corrected chi connectivity index (χ3v) is 4.03. The normalized spacial score (nSPS) is 24.6. The predicted molar refractivity (Wildman–Crippen MR) is 78.7 cm³/mol. The van der Waals surface area contributed by atoms with Crippen LogP contribution in [0.2, 0.25) is 0 Å². The van der Waals surface area contributed by atoms with E-state index in [1.54, 1.807) is 19.1 Å². The van der Waals surface area contributed by atoms with Gasteiger partial charge in [0.15, 0.2) is 0 Å². The van der Waals surface area contributed by atoms with E-state index in [1.807, 2.05) is 13.8 Å². The minimum Gasteiger partial charge on any atom is -0.478 e. The molecule has 6 heteroatoms. The Kier molecular flexibility index (Phi) is 4.18. The van der Waals surface area contributed by atoms with E-state index >= 15 is 0 Å². The first-order valence-corrected chi connectivity index (χ1v) is 6.87. The number of rotatable bonds is 3. The van der Waals surface area contributed by atoms with E-state index in [4.69, 9.17) is 4.74 Å². The minimum atomic E-state index is -1.07. The van der Waals surface area contributed by atoms with Crippen molar-refractivity contribution >= 4 is 17.7 Å². The third-order valence-electron chi connectivity index (χ3n) is 4.03. The van der Waals surface area contributed by atoms with Crippen molar-refractivity contribution in [1.82, 2.24) is 5.32 Å². The number of benzene rings is 1. The van der Waals surface area contributed by atoms with Gasteiger partial charge in [-0.25, -0.2) is 9.59 Å². The van der Waals surface area contributed by atoms with Crippen molar-refractivity contribution in [3.05, 3.63) is 29.3 Å². The summed E-state index contributed by atoms with van der Waals surface area (Å²) in [6.45, 7) is 6.18. The van der Waals surface area contributed by atoms with Gasteiger partial charge in [-0.15, -0.1) is 0 Å². The second-order valence-corrected chi connectivity index (χ2v) is 5.56. The van der Waals surface area contributed by atoms with Crippen LogP contribution in [0.4, 0.5) is 10.5 Å². The van der Waals surface area contributed by atoms with Crippen LogP contribution in [0.25, 0.3) is 0 Å². The molecule has 0 aliphatic carbocycles. The van der Waals surface area contributed by atoms with Gasteiger partial charge in [0.2, 0.25) is 0 Å². The molecule has 2 rings (SSSR count). The van der Waals surface area contributed by atoms with E-state index < -0.39 is 17.5 Å². The standard InChI is InChI=1S/C15H20N2O4/c1-9-5-4-6-11(13(18)19)12(9)16-14(20)17-15(3)7-8-21-10(15)2/h4-6,10H,7-8H2,1-3H3,(H,18,19)(H2,16,17,20). The zero-order valence-corrected chi connectivity index (χ0v) is 12.4. The fourth-order valence-corrected chi connectivity index (χ4v) is 2.42. The minimum absolute atomic E-state index is 0.0750. The number of ether oxygens (including phenoxy) is 1. The highest BCUT2D eigenvalue weighted by Gasteiger charge is 2.38. The Morgan fingerprint density at radius 1 is 1.43 bits per heavy atom. The van der Waals surface area contributed by atoms with Gasteiger partial charge in [0.1, 0.15) is 0 Å². The number of carbonyl (C=O) groups is 2. The fourth-order valence-electron chi connectivity index (χ4n) is 2.42. The first kappa shape index (κ1) is 15.3. The van der Waals surface area contributed by atoms with Crippen molar-refractivity contribution in [2.75, 3.05) is 11.9 Å². The summed E-state index contributed by atoms with van der Waals surface area (Å²) in [7, 11) is 0. The number of carboxylic acid groups (broad SMARTS) is 1. The monoisotopic (exact) mass is 292 g/mol. The summed E-state index contributed by atoms with van der Waals surface area (Å²) >= 11 is 0. The summed E-state index contributed by atoms with van der Waals surface area (Å²) in [6, 6.07) is 4.45. The van der Waals surface area contributed by atoms with Crippen LogP contribution in [0.3, 0.4) is 0 Å². The first-order valence-electron chi connectivity index (χ1n) is 6.87. The molecule has 1 fully saturated rings. The number of amides is 2. The van der Waals surface area contributed by atoms with Crippen molar-refractivity contribution in [3.63, 3.8) is 0 Å². The van der Waals surface area contributed by atoms with Gasteiger partial charge in [-0.2, -0.15) is 0 Å². The Bertz CT molecular complexity index is 573. The van der Waals surface area contributed by atoms with Gasteiger partial charge >= 0.3 is 12.0 Å². The predicted octanol–water partition coefficient (Wildman–Crippen LogP) is 2.38. The van der Waals surface area contributed by atoms with Gasteiger partial charge in [0.25, 0.3) is 0 Å². The van der Waals surface area contributed by atoms with Crippen LogP contribution in [0.5, 0.6) is 0 Å². The molecule has 0 radical (unpaired) electrons. The molecule has 1 aliphatic heterocycles. The lowest BCUT2D eigenvalue weighted by Crippen LogP contribution is -2.52. The van der Waals surface area contributed by atoms with Crippen molar-refractivity contribution in [2.24, 2.45) is 0 Å². The average Bonchev–Trinajstić information content (AvgIpc) is 2.71. The molecule has 1 aromatic carbocycles. The highest BCUT2D eigenvalue weighted by atomic mass is 16.5. The number of hydrogen-bond acceptors (Lipinski definition) is 3. The second kappa shape index (κ2) is 5.73. The van der Waals surface area contributed by atoms with Crippen LogP contribution in [0.15, 0.2) is 18.2 Å². The molecule has 1 aromatic rings. The van der Waals surface area contributed by atoms with E-state index in [0.29, 0.717) is 17.9 Å². The van der Waals surface area contributed by atoms with Crippen LogP contribution in [0, 0.1) is 6.92 Å². The molecule has 0 spiro atoms. The van der Waals surface area contributed by atoms with E-state index in [2.05, 4.69) is 10.6 Å². The summed E-state index contributed by atoms with van der Waals surface area (Å²) < 4.78 is 5.47. The van der Waals surface area contributed by atoms with Crippen LogP contribution in [-0.2, 0) is 4.74 Å². The maximum absolute atomic E-state index is 12.2. The van der Waals surface area contributed by atoms with Crippen LogP contribution < -0.4 is 10.6 Å². The Balaban J connectivity index is 2.15. The summed E-state index contributed by atoms with van der Waals surface area (Å²) in [6.07, 6.45) is 0.639. The molecule has 1 heterocycles. The van der Waals surface area contributed by atoms with Gasteiger partial charge in [-0.1, -0.05) is 12.1 Å². The smallest absolute Gasteiger partial charge is 0.337 e. The number of aromatic carboxylic acids is 1. The lowest BCUT2D eigenvalue weighted by molar-refractivity contribution is 0.0698. The Labute approximate surface area is 123 Å². The molecule has 21 heavy (non-hydrogen) atoms. The molecule has 6 nitrogen and oxygen atoms in total. The largest absolute Gasteiger partial charge is 0.478 e. The molecule has 114 valence electrons. The van der Waals surface area contributed by atoms with Crippen LogP contribution >= 0.6 is 0 Å². The van der Waals surface area contributed by atoms with Crippen LogP contribution in [-0.4, -0.2) is 35.4 Å². The third kappa shape index (κ3) is 3.16. The SMILES string of the molecule is Cc1cccc(C(=O)O)c1NC(=O)NC1(C)CCOC1C. The van der Waals surface area contributed by atoms with Crippen LogP contribution in [0.1, 0.15) is 36.2 Å². The molecule has 1 aliphatic rings. The van der Waals surface area contributed by atoms with Gasteiger partial charge in [-0.3, -0.25) is 0 Å². The molecule has 0 saturated carbocycles.